The number of carbonyl (C=O) groups excluding carboxylic acids is 1. The number of hydrogen-bond acceptors (Lipinski definition) is 2. The van der Waals surface area contributed by atoms with E-state index < -0.39 is 0 Å². The predicted molar refractivity (Wildman–Crippen MR) is 88.1 cm³/mol. The third kappa shape index (κ3) is 3.23. The Hall–Kier alpha value is -3.08. The van der Waals surface area contributed by atoms with Crippen LogP contribution in [-0.4, -0.2) is 22.6 Å². The van der Waals surface area contributed by atoms with Crippen LogP contribution in [0.15, 0.2) is 65.8 Å². The van der Waals surface area contributed by atoms with Gasteiger partial charge in [0.2, 0.25) is 5.62 Å². The average Bonchev–Trinajstić information content (AvgIpc) is 2.96. The standard InChI is InChI=1S/C18H17N3O2/c1-21-12-16(13-6-4-3-5-7-13)19-18(21)20-17(22)14-8-10-15(23-2)11-9-14/h3-12H,1-2H3,(H,19,20,22). The van der Waals surface area contributed by atoms with Crippen molar-refractivity contribution in [3.63, 3.8) is 0 Å². The molecule has 3 aromatic rings. The van der Waals surface area contributed by atoms with Gasteiger partial charge in [-0.05, 0) is 29.8 Å². The van der Waals surface area contributed by atoms with Crippen molar-refractivity contribution in [2.24, 2.45) is 12.0 Å². The van der Waals surface area contributed by atoms with Gasteiger partial charge in [-0.2, -0.15) is 4.99 Å². The van der Waals surface area contributed by atoms with Crippen molar-refractivity contribution in [1.82, 2.24) is 9.55 Å². The number of rotatable bonds is 3. The van der Waals surface area contributed by atoms with Crippen molar-refractivity contribution in [2.45, 2.75) is 0 Å². The van der Waals surface area contributed by atoms with E-state index in [9.17, 15) is 4.79 Å². The highest BCUT2D eigenvalue weighted by Gasteiger charge is 2.06. The Morgan fingerprint density at radius 2 is 1.78 bits per heavy atom. The molecule has 0 saturated carbocycles. The minimum absolute atomic E-state index is 0.301. The van der Waals surface area contributed by atoms with Crippen molar-refractivity contribution in [1.29, 1.82) is 0 Å². The molecule has 5 heteroatoms. The Kier molecular flexibility index (Phi) is 4.10. The number of nitrogens with one attached hydrogen (secondary N) is 1. The summed E-state index contributed by atoms with van der Waals surface area (Å²) in [6.45, 7) is 0. The van der Waals surface area contributed by atoms with Crippen LogP contribution >= 0.6 is 0 Å². The molecule has 0 fully saturated rings. The van der Waals surface area contributed by atoms with Crippen molar-refractivity contribution < 1.29 is 9.53 Å². The Bertz CT molecular complexity index is 875. The number of hydrogen-bond donors (Lipinski definition) is 1. The fourth-order valence-corrected chi connectivity index (χ4v) is 2.26. The highest BCUT2D eigenvalue weighted by atomic mass is 16.5. The number of methoxy groups -OCH3 is 1. The van der Waals surface area contributed by atoms with Gasteiger partial charge in [0.25, 0.3) is 5.91 Å². The Morgan fingerprint density at radius 3 is 2.43 bits per heavy atom. The van der Waals surface area contributed by atoms with Gasteiger partial charge >= 0.3 is 0 Å². The fraction of sp³-hybridized carbons (Fsp3) is 0.111. The van der Waals surface area contributed by atoms with Crippen LogP contribution in [0.4, 0.5) is 0 Å². The summed E-state index contributed by atoms with van der Waals surface area (Å²) in [4.78, 5) is 19.6. The number of amides is 1. The number of imidazole rings is 1. The van der Waals surface area contributed by atoms with E-state index in [0.29, 0.717) is 16.9 Å². The van der Waals surface area contributed by atoms with Crippen LogP contribution in [0, 0.1) is 0 Å². The number of aromatic nitrogens is 2. The molecule has 0 aliphatic heterocycles. The molecule has 0 atom stereocenters. The largest absolute Gasteiger partial charge is 0.497 e. The molecule has 1 aromatic heterocycles. The third-order valence-corrected chi connectivity index (χ3v) is 3.53. The van der Waals surface area contributed by atoms with E-state index in [4.69, 9.17) is 4.74 Å². The first-order valence-electron chi connectivity index (χ1n) is 7.21. The van der Waals surface area contributed by atoms with Gasteiger partial charge in [-0.25, -0.2) is 0 Å². The number of nitrogens with zero attached hydrogens (tertiary/aromatic N) is 2. The Labute approximate surface area is 133 Å². The molecule has 0 aliphatic carbocycles. The molecule has 5 nitrogen and oxygen atoms in total. The highest BCUT2D eigenvalue weighted by Crippen LogP contribution is 2.14. The summed E-state index contributed by atoms with van der Waals surface area (Å²) in [7, 11) is 3.44. The first-order valence-corrected chi connectivity index (χ1v) is 7.21. The van der Waals surface area contributed by atoms with Crippen molar-refractivity contribution >= 4 is 5.91 Å². The summed E-state index contributed by atoms with van der Waals surface area (Å²) in [5.41, 5.74) is 2.97. The van der Waals surface area contributed by atoms with E-state index in [-0.39, 0.29) is 5.91 Å². The zero-order chi connectivity index (χ0) is 16.2. The van der Waals surface area contributed by atoms with E-state index in [1.54, 1.807) is 35.9 Å². The van der Waals surface area contributed by atoms with Crippen LogP contribution in [-0.2, 0) is 7.05 Å². The highest BCUT2D eigenvalue weighted by molar-refractivity contribution is 5.94. The van der Waals surface area contributed by atoms with Crippen LogP contribution in [0.1, 0.15) is 10.4 Å². The van der Waals surface area contributed by atoms with E-state index >= 15 is 0 Å². The quantitative estimate of drug-likeness (QED) is 0.809. The zero-order valence-corrected chi connectivity index (χ0v) is 13.0. The number of benzene rings is 2. The first kappa shape index (κ1) is 14.8. The second kappa shape index (κ2) is 6.36. The summed E-state index contributed by atoms with van der Waals surface area (Å²) in [6, 6.07) is 16.8. The molecule has 23 heavy (non-hydrogen) atoms. The van der Waals surface area contributed by atoms with Crippen molar-refractivity contribution in [3.8, 4) is 17.0 Å². The van der Waals surface area contributed by atoms with Gasteiger partial charge in [-0.3, -0.25) is 4.79 Å². The molecular weight excluding hydrogens is 290 g/mol. The van der Waals surface area contributed by atoms with Crippen LogP contribution in [0.25, 0.3) is 11.3 Å². The molecular formula is C18H17N3O2. The Balaban J connectivity index is 1.93. The maximum absolute atomic E-state index is 12.3. The van der Waals surface area contributed by atoms with Gasteiger partial charge in [-0.1, -0.05) is 30.3 Å². The monoisotopic (exact) mass is 307 g/mol. The van der Waals surface area contributed by atoms with Gasteiger partial charge in [0.1, 0.15) is 5.75 Å². The summed E-state index contributed by atoms with van der Waals surface area (Å²) < 4.78 is 6.88. The van der Waals surface area contributed by atoms with E-state index in [1.165, 1.54) is 0 Å². The zero-order valence-electron chi connectivity index (χ0n) is 13.0. The number of H-pyrrole nitrogens is 1. The van der Waals surface area contributed by atoms with E-state index in [2.05, 4.69) is 9.98 Å². The van der Waals surface area contributed by atoms with Gasteiger partial charge < -0.3 is 14.3 Å². The number of aromatic amines is 1. The Morgan fingerprint density at radius 1 is 1.09 bits per heavy atom. The van der Waals surface area contributed by atoms with Gasteiger partial charge in [0, 0.05) is 18.8 Å². The van der Waals surface area contributed by atoms with Crippen LogP contribution in [0.3, 0.4) is 0 Å². The summed E-state index contributed by atoms with van der Waals surface area (Å²) in [5, 5.41) is 0. The predicted octanol–water partition coefficient (Wildman–Crippen LogP) is 2.77. The molecule has 0 aliphatic rings. The van der Waals surface area contributed by atoms with Crippen LogP contribution in [0.2, 0.25) is 0 Å². The molecule has 0 radical (unpaired) electrons. The van der Waals surface area contributed by atoms with Gasteiger partial charge in [0.05, 0.1) is 12.8 Å². The van der Waals surface area contributed by atoms with Gasteiger partial charge in [0.15, 0.2) is 0 Å². The molecule has 0 unspecified atom stereocenters. The molecule has 3 rings (SSSR count). The molecule has 2 aromatic carbocycles. The van der Waals surface area contributed by atoms with E-state index in [0.717, 1.165) is 11.3 Å². The second-order valence-corrected chi connectivity index (χ2v) is 5.11. The minimum atomic E-state index is -0.301. The lowest BCUT2D eigenvalue weighted by molar-refractivity contribution is 0.0996. The lowest BCUT2D eigenvalue weighted by Crippen LogP contribution is -2.17. The van der Waals surface area contributed by atoms with Crippen LogP contribution in [0.5, 0.6) is 5.75 Å². The molecule has 0 saturated heterocycles. The smallest absolute Gasteiger partial charge is 0.280 e. The third-order valence-electron chi connectivity index (χ3n) is 3.53. The molecule has 116 valence electrons. The van der Waals surface area contributed by atoms with E-state index in [1.807, 2.05) is 43.6 Å². The lowest BCUT2D eigenvalue weighted by Gasteiger charge is -1.99. The molecule has 0 bridgehead atoms. The maximum Gasteiger partial charge on any atom is 0.280 e. The number of ether oxygens (including phenoxy) is 1. The minimum Gasteiger partial charge on any atom is -0.497 e. The summed E-state index contributed by atoms with van der Waals surface area (Å²) in [6.07, 6.45) is 1.91. The fourth-order valence-electron chi connectivity index (χ4n) is 2.26. The SMILES string of the molecule is COc1ccc(C(=O)/N=c2\[nH]c(-c3ccccc3)cn2C)cc1. The first-order chi connectivity index (χ1) is 11.2. The lowest BCUT2D eigenvalue weighted by atomic mass is 10.2. The second-order valence-electron chi connectivity index (χ2n) is 5.11. The number of aryl methyl sites for hydroxylation is 1. The molecule has 1 heterocycles. The summed E-state index contributed by atoms with van der Waals surface area (Å²) >= 11 is 0. The van der Waals surface area contributed by atoms with Crippen LogP contribution < -0.4 is 10.4 Å². The molecule has 1 N–H and O–H groups in total. The maximum atomic E-state index is 12.3. The molecule has 0 spiro atoms. The average molecular weight is 307 g/mol. The molecule has 1 amide bonds. The van der Waals surface area contributed by atoms with Gasteiger partial charge in [-0.15, -0.1) is 0 Å². The normalized spacial score (nSPS) is 11.5. The topological polar surface area (TPSA) is 59.4 Å². The summed E-state index contributed by atoms with van der Waals surface area (Å²) in [5.74, 6) is 0.406. The number of carbonyl (C=O) groups is 1. The van der Waals surface area contributed by atoms with Crippen molar-refractivity contribution in [3.05, 3.63) is 72.0 Å². The van der Waals surface area contributed by atoms with Crippen molar-refractivity contribution in [2.75, 3.05) is 7.11 Å².